The molecule has 0 aliphatic heterocycles. The maximum atomic E-state index is 13.2. The minimum absolute atomic E-state index is 0.0679. The fourth-order valence-electron chi connectivity index (χ4n) is 2.87. The quantitative estimate of drug-likeness (QED) is 0.388. The first-order chi connectivity index (χ1) is 13.5. The van der Waals surface area contributed by atoms with E-state index in [1.807, 2.05) is 4.90 Å². The van der Waals surface area contributed by atoms with E-state index in [0.717, 1.165) is 25.7 Å². The van der Waals surface area contributed by atoms with Gasteiger partial charge in [-0.15, -0.1) is 0 Å². The zero-order valence-electron chi connectivity index (χ0n) is 16.3. The van der Waals surface area contributed by atoms with E-state index < -0.39 is 4.92 Å². The average Bonchev–Trinajstić information content (AvgIpc) is 2.69. The number of hydrogen-bond donors (Lipinski definition) is 1. The fourth-order valence-corrected chi connectivity index (χ4v) is 3.03. The van der Waals surface area contributed by atoms with Crippen molar-refractivity contribution >= 4 is 34.6 Å². The molecule has 0 aromatic heterocycles. The number of rotatable bonds is 10. The third-order valence-electron chi connectivity index (χ3n) is 4.43. The molecule has 150 valence electrons. The highest BCUT2D eigenvalue weighted by Gasteiger charge is 2.20. The Morgan fingerprint density at radius 3 is 2.32 bits per heavy atom. The van der Waals surface area contributed by atoms with Crippen LogP contribution in [0.4, 0.5) is 17.1 Å². The van der Waals surface area contributed by atoms with Crippen molar-refractivity contribution in [3.63, 3.8) is 0 Å². The Bertz CT molecular complexity index is 818. The van der Waals surface area contributed by atoms with Crippen molar-refractivity contribution in [3.05, 3.63) is 63.2 Å². The lowest BCUT2D eigenvalue weighted by Gasteiger charge is -2.24. The Labute approximate surface area is 170 Å². The van der Waals surface area contributed by atoms with E-state index in [1.165, 1.54) is 6.07 Å². The highest BCUT2D eigenvalue weighted by Crippen LogP contribution is 2.31. The third-order valence-corrected chi connectivity index (χ3v) is 4.67. The molecule has 0 atom stereocenters. The normalized spacial score (nSPS) is 10.5. The number of anilines is 2. The summed E-state index contributed by atoms with van der Waals surface area (Å²) < 4.78 is 0. The van der Waals surface area contributed by atoms with Gasteiger partial charge in [0.2, 0.25) is 0 Å². The van der Waals surface area contributed by atoms with Crippen molar-refractivity contribution in [1.29, 1.82) is 0 Å². The van der Waals surface area contributed by atoms with Crippen molar-refractivity contribution in [2.24, 2.45) is 0 Å². The van der Waals surface area contributed by atoms with Gasteiger partial charge in [0.25, 0.3) is 11.6 Å². The molecular formula is C21H26ClN3O3. The van der Waals surface area contributed by atoms with Gasteiger partial charge in [0, 0.05) is 24.2 Å². The molecule has 1 amide bonds. The lowest BCUT2D eigenvalue weighted by atomic mass is 10.1. The van der Waals surface area contributed by atoms with E-state index >= 15 is 0 Å². The molecule has 0 saturated carbocycles. The second-order valence-corrected chi connectivity index (χ2v) is 7.02. The lowest BCUT2D eigenvalue weighted by Crippen LogP contribution is -2.33. The number of nitro benzene ring substituents is 1. The van der Waals surface area contributed by atoms with Crippen LogP contribution in [0.25, 0.3) is 0 Å². The Hall–Kier alpha value is -2.60. The van der Waals surface area contributed by atoms with Gasteiger partial charge in [0.15, 0.2) is 0 Å². The highest BCUT2D eigenvalue weighted by atomic mass is 35.5. The molecule has 0 bridgehead atoms. The van der Waals surface area contributed by atoms with E-state index in [4.69, 9.17) is 11.6 Å². The number of para-hydroxylation sites is 1. The number of nitrogens with one attached hydrogen (secondary N) is 1. The van der Waals surface area contributed by atoms with Gasteiger partial charge in [-0.3, -0.25) is 14.9 Å². The summed E-state index contributed by atoms with van der Waals surface area (Å²) in [6.45, 7) is 5.59. The molecule has 6 nitrogen and oxygen atoms in total. The SMILES string of the molecule is CCCCN(CCCC)C(=O)c1ccccc1Nc1ccc(Cl)cc1[N+](=O)[O-]. The van der Waals surface area contributed by atoms with Crippen molar-refractivity contribution in [1.82, 2.24) is 4.90 Å². The number of nitro groups is 1. The van der Waals surface area contributed by atoms with E-state index in [2.05, 4.69) is 19.2 Å². The van der Waals surface area contributed by atoms with Crippen molar-refractivity contribution < 1.29 is 9.72 Å². The van der Waals surface area contributed by atoms with E-state index in [-0.39, 0.29) is 16.6 Å². The summed E-state index contributed by atoms with van der Waals surface area (Å²) in [7, 11) is 0. The Morgan fingerprint density at radius 2 is 1.71 bits per heavy atom. The van der Waals surface area contributed by atoms with Crippen LogP contribution in [-0.4, -0.2) is 28.8 Å². The van der Waals surface area contributed by atoms with Gasteiger partial charge < -0.3 is 10.2 Å². The van der Waals surface area contributed by atoms with Crippen LogP contribution in [0.1, 0.15) is 49.9 Å². The predicted molar refractivity (Wildman–Crippen MR) is 114 cm³/mol. The number of halogens is 1. The first-order valence-corrected chi connectivity index (χ1v) is 9.95. The molecule has 0 spiro atoms. The molecule has 2 aromatic carbocycles. The van der Waals surface area contributed by atoms with Crippen LogP contribution in [0.15, 0.2) is 42.5 Å². The van der Waals surface area contributed by atoms with E-state index in [1.54, 1.807) is 36.4 Å². The van der Waals surface area contributed by atoms with Gasteiger partial charge in [0.1, 0.15) is 5.69 Å². The second-order valence-electron chi connectivity index (χ2n) is 6.59. The number of amides is 1. The molecule has 0 unspecified atom stereocenters. The summed E-state index contributed by atoms with van der Waals surface area (Å²) in [6, 6.07) is 11.5. The average molecular weight is 404 g/mol. The largest absolute Gasteiger partial charge is 0.349 e. The van der Waals surface area contributed by atoms with Crippen LogP contribution < -0.4 is 5.32 Å². The minimum Gasteiger partial charge on any atom is -0.349 e. The van der Waals surface area contributed by atoms with Gasteiger partial charge in [-0.2, -0.15) is 0 Å². The number of hydrogen-bond acceptors (Lipinski definition) is 4. The Morgan fingerprint density at radius 1 is 1.07 bits per heavy atom. The monoisotopic (exact) mass is 403 g/mol. The molecule has 28 heavy (non-hydrogen) atoms. The molecule has 0 heterocycles. The lowest BCUT2D eigenvalue weighted by molar-refractivity contribution is -0.383. The summed E-state index contributed by atoms with van der Waals surface area (Å²) in [5, 5.41) is 14.7. The summed E-state index contributed by atoms with van der Waals surface area (Å²) in [6.07, 6.45) is 3.89. The first kappa shape index (κ1) is 21.7. The maximum absolute atomic E-state index is 13.2. The zero-order valence-corrected chi connectivity index (χ0v) is 17.0. The molecule has 0 aliphatic carbocycles. The van der Waals surface area contributed by atoms with Crippen molar-refractivity contribution in [2.75, 3.05) is 18.4 Å². The summed E-state index contributed by atoms with van der Waals surface area (Å²) in [5.74, 6) is -0.0679. The molecule has 7 heteroatoms. The predicted octanol–water partition coefficient (Wildman–Crippen LogP) is 6.03. The minimum atomic E-state index is -0.493. The topological polar surface area (TPSA) is 75.5 Å². The van der Waals surface area contributed by atoms with Gasteiger partial charge in [-0.25, -0.2) is 0 Å². The molecule has 2 rings (SSSR count). The van der Waals surface area contributed by atoms with E-state index in [9.17, 15) is 14.9 Å². The summed E-state index contributed by atoms with van der Waals surface area (Å²) >= 11 is 5.89. The Balaban J connectivity index is 2.34. The number of benzene rings is 2. The standard InChI is InChI=1S/C21H26ClN3O3/c1-3-5-13-24(14-6-4-2)21(26)17-9-7-8-10-18(17)23-19-12-11-16(22)15-20(19)25(27)28/h7-12,15,23H,3-6,13-14H2,1-2H3. The summed E-state index contributed by atoms with van der Waals surface area (Å²) in [4.78, 5) is 25.9. The molecule has 0 saturated heterocycles. The van der Waals surface area contributed by atoms with Gasteiger partial charge in [0.05, 0.1) is 16.2 Å². The fraction of sp³-hybridized carbons (Fsp3) is 0.381. The second kappa shape index (κ2) is 10.7. The number of carbonyl (C=O) groups is 1. The zero-order chi connectivity index (χ0) is 20.5. The van der Waals surface area contributed by atoms with Crippen LogP contribution in [0, 0.1) is 10.1 Å². The van der Waals surface area contributed by atoms with Crippen molar-refractivity contribution in [2.45, 2.75) is 39.5 Å². The number of carbonyl (C=O) groups excluding carboxylic acids is 1. The van der Waals surface area contributed by atoms with Gasteiger partial charge in [-0.05, 0) is 37.1 Å². The van der Waals surface area contributed by atoms with Gasteiger partial charge >= 0.3 is 0 Å². The van der Waals surface area contributed by atoms with Crippen molar-refractivity contribution in [3.8, 4) is 0 Å². The van der Waals surface area contributed by atoms with Crippen LogP contribution >= 0.6 is 11.6 Å². The van der Waals surface area contributed by atoms with Crippen LogP contribution in [0.3, 0.4) is 0 Å². The molecule has 0 fully saturated rings. The molecule has 1 N–H and O–H groups in total. The first-order valence-electron chi connectivity index (χ1n) is 9.57. The molecule has 0 aliphatic rings. The molecule has 0 radical (unpaired) electrons. The van der Waals surface area contributed by atoms with E-state index in [0.29, 0.717) is 30.0 Å². The van der Waals surface area contributed by atoms with Crippen LogP contribution in [-0.2, 0) is 0 Å². The number of nitrogens with zero attached hydrogens (tertiary/aromatic N) is 2. The summed E-state index contributed by atoms with van der Waals surface area (Å²) in [5.41, 5.74) is 1.20. The highest BCUT2D eigenvalue weighted by molar-refractivity contribution is 6.31. The van der Waals surface area contributed by atoms with Crippen LogP contribution in [0.2, 0.25) is 5.02 Å². The molecule has 2 aromatic rings. The third kappa shape index (κ3) is 5.70. The Kier molecular flexibility index (Phi) is 8.26. The van der Waals surface area contributed by atoms with Crippen LogP contribution in [0.5, 0.6) is 0 Å². The molecular weight excluding hydrogens is 378 g/mol. The number of unbranched alkanes of at least 4 members (excludes halogenated alkanes) is 2. The van der Waals surface area contributed by atoms with Gasteiger partial charge in [-0.1, -0.05) is 50.4 Å². The maximum Gasteiger partial charge on any atom is 0.294 e. The smallest absolute Gasteiger partial charge is 0.294 e.